The molecule has 2 aromatic rings. The van der Waals surface area contributed by atoms with Gasteiger partial charge in [0.15, 0.2) is 0 Å². The second-order valence-electron chi connectivity index (χ2n) is 3.50. The molecule has 0 fully saturated rings. The summed E-state index contributed by atoms with van der Waals surface area (Å²) in [7, 11) is 1.46. The number of aromatic nitrogens is 2. The first-order chi connectivity index (χ1) is 8.52. The van der Waals surface area contributed by atoms with Crippen LogP contribution in [0.5, 0.6) is 0 Å². The predicted octanol–water partition coefficient (Wildman–Crippen LogP) is 2.90. The molecule has 0 aromatic carbocycles. The number of alkyl halides is 3. The lowest BCUT2D eigenvalue weighted by Crippen LogP contribution is -2.07. The maximum absolute atomic E-state index is 12.8. The molecular weight excluding hydrogens is 249 g/mol. The molecule has 0 aliphatic heterocycles. The molecule has 0 unspecified atom stereocenters. The van der Waals surface area contributed by atoms with Crippen LogP contribution in [0.3, 0.4) is 0 Å². The third kappa shape index (κ3) is 2.51. The van der Waals surface area contributed by atoms with Crippen molar-refractivity contribution >= 4 is 0 Å². The summed E-state index contributed by atoms with van der Waals surface area (Å²) in [5, 5.41) is 0. The van der Waals surface area contributed by atoms with Crippen LogP contribution in [0.15, 0.2) is 29.1 Å². The van der Waals surface area contributed by atoms with Crippen molar-refractivity contribution in [1.29, 1.82) is 0 Å². The van der Waals surface area contributed by atoms with Crippen molar-refractivity contribution in [2.75, 3.05) is 7.11 Å². The van der Waals surface area contributed by atoms with Crippen molar-refractivity contribution in [3.05, 3.63) is 36.0 Å². The molecule has 0 amide bonds. The van der Waals surface area contributed by atoms with Crippen molar-refractivity contribution in [3.8, 4) is 11.5 Å². The van der Waals surface area contributed by atoms with Gasteiger partial charge in [0.05, 0.1) is 17.7 Å². The largest absolute Gasteiger partial charge is 0.444 e. The minimum absolute atomic E-state index is 0.123. The number of oxazole rings is 1. The molecule has 0 radical (unpaired) electrons. The highest BCUT2D eigenvalue weighted by Crippen LogP contribution is 2.35. The zero-order valence-electron chi connectivity index (χ0n) is 9.36. The summed E-state index contributed by atoms with van der Waals surface area (Å²) in [6.07, 6.45) is -1.07. The number of ether oxygens (including phenoxy) is 1. The second kappa shape index (κ2) is 4.77. The Kier molecular flexibility index (Phi) is 3.33. The lowest BCUT2D eigenvalue weighted by atomic mass is 10.1. The van der Waals surface area contributed by atoms with Gasteiger partial charge in [0.1, 0.15) is 12.0 Å². The van der Waals surface area contributed by atoms with Crippen LogP contribution in [0, 0.1) is 0 Å². The van der Waals surface area contributed by atoms with E-state index in [1.54, 1.807) is 0 Å². The maximum Gasteiger partial charge on any atom is 0.417 e. The minimum Gasteiger partial charge on any atom is -0.444 e. The summed E-state index contributed by atoms with van der Waals surface area (Å²) in [4.78, 5) is 7.57. The van der Waals surface area contributed by atoms with Gasteiger partial charge in [-0.05, 0) is 6.07 Å². The maximum atomic E-state index is 12.8. The third-order valence-corrected chi connectivity index (χ3v) is 2.20. The first kappa shape index (κ1) is 12.6. The smallest absolute Gasteiger partial charge is 0.417 e. The molecule has 0 aliphatic rings. The van der Waals surface area contributed by atoms with Gasteiger partial charge < -0.3 is 9.15 Å². The standard InChI is InChI=1S/C11H9F3N2O2/c1-17-5-7-6-18-10(16-7)8-4-15-3-2-9(8)11(12,13)14/h2-4,6H,5H2,1H3. The molecule has 0 aliphatic carbocycles. The molecule has 0 atom stereocenters. The number of halogens is 3. The Hall–Kier alpha value is -1.89. The van der Waals surface area contributed by atoms with E-state index < -0.39 is 11.7 Å². The highest BCUT2D eigenvalue weighted by molar-refractivity contribution is 5.58. The van der Waals surface area contributed by atoms with E-state index in [1.165, 1.54) is 13.4 Å². The van der Waals surface area contributed by atoms with E-state index in [4.69, 9.17) is 9.15 Å². The van der Waals surface area contributed by atoms with E-state index in [9.17, 15) is 13.2 Å². The van der Waals surface area contributed by atoms with Crippen LogP contribution in [0.1, 0.15) is 11.3 Å². The average Bonchev–Trinajstić information content (AvgIpc) is 2.77. The van der Waals surface area contributed by atoms with E-state index in [-0.39, 0.29) is 18.1 Å². The molecule has 0 spiro atoms. The van der Waals surface area contributed by atoms with E-state index in [2.05, 4.69) is 9.97 Å². The molecule has 2 aromatic heterocycles. The molecular formula is C11H9F3N2O2. The van der Waals surface area contributed by atoms with Gasteiger partial charge in [0.25, 0.3) is 0 Å². The fourth-order valence-electron chi connectivity index (χ4n) is 1.46. The Morgan fingerprint density at radius 1 is 1.39 bits per heavy atom. The van der Waals surface area contributed by atoms with Crippen molar-refractivity contribution in [3.63, 3.8) is 0 Å². The van der Waals surface area contributed by atoms with Crippen LogP contribution in [0.4, 0.5) is 13.2 Å². The zero-order chi connectivity index (χ0) is 13.2. The molecule has 0 saturated heterocycles. The van der Waals surface area contributed by atoms with Crippen molar-refractivity contribution < 1.29 is 22.3 Å². The van der Waals surface area contributed by atoms with Crippen LogP contribution < -0.4 is 0 Å². The van der Waals surface area contributed by atoms with E-state index >= 15 is 0 Å². The Bertz CT molecular complexity index is 537. The van der Waals surface area contributed by atoms with Gasteiger partial charge >= 0.3 is 6.18 Å². The lowest BCUT2D eigenvalue weighted by molar-refractivity contribution is -0.137. The van der Waals surface area contributed by atoms with Crippen molar-refractivity contribution in [2.24, 2.45) is 0 Å². The summed E-state index contributed by atoms with van der Waals surface area (Å²) in [5.41, 5.74) is -0.597. The summed E-state index contributed by atoms with van der Waals surface area (Å²) in [6, 6.07) is 0.884. The topological polar surface area (TPSA) is 48.2 Å². The van der Waals surface area contributed by atoms with Gasteiger partial charge in [-0.1, -0.05) is 0 Å². The number of hydrogen-bond donors (Lipinski definition) is 0. The lowest BCUT2D eigenvalue weighted by Gasteiger charge is -2.09. The number of rotatable bonds is 3. The third-order valence-electron chi connectivity index (χ3n) is 2.20. The van der Waals surface area contributed by atoms with Crippen molar-refractivity contribution in [1.82, 2.24) is 9.97 Å². The molecule has 2 heterocycles. The molecule has 0 bridgehead atoms. The average molecular weight is 258 g/mol. The van der Waals surface area contributed by atoms with Gasteiger partial charge in [0, 0.05) is 19.5 Å². The van der Waals surface area contributed by atoms with Crippen LogP contribution in [0.25, 0.3) is 11.5 Å². The number of hydrogen-bond acceptors (Lipinski definition) is 4. The number of nitrogens with zero attached hydrogens (tertiary/aromatic N) is 2. The monoisotopic (exact) mass is 258 g/mol. The fourth-order valence-corrected chi connectivity index (χ4v) is 1.46. The number of pyridine rings is 1. The Morgan fingerprint density at radius 3 is 2.83 bits per heavy atom. The van der Waals surface area contributed by atoms with Gasteiger partial charge in [-0.3, -0.25) is 4.98 Å². The van der Waals surface area contributed by atoms with Gasteiger partial charge in [-0.15, -0.1) is 0 Å². The van der Waals surface area contributed by atoms with Crippen LogP contribution in [0.2, 0.25) is 0 Å². The van der Waals surface area contributed by atoms with Crippen LogP contribution in [-0.4, -0.2) is 17.1 Å². The first-order valence-corrected chi connectivity index (χ1v) is 4.97. The SMILES string of the molecule is COCc1coc(-c2cnccc2C(F)(F)F)n1. The number of methoxy groups -OCH3 is 1. The van der Waals surface area contributed by atoms with E-state index in [1.807, 2.05) is 0 Å². The van der Waals surface area contributed by atoms with E-state index in [0.717, 1.165) is 18.5 Å². The van der Waals surface area contributed by atoms with Crippen molar-refractivity contribution in [2.45, 2.75) is 12.8 Å². The normalized spacial score (nSPS) is 11.8. The van der Waals surface area contributed by atoms with Gasteiger partial charge in [0.2, 0.25) is 5.89 Å². The van der Waals surface area contributed by atoms with Gasteiger partial charge in [-0.2, -0.15) is 13.2 Å². The predicted molar refractivity (Wildman–Crippen MR) is 55.4 cm³/mol. The summed E-state index contributed by atoms with van der Waals surface area (Å²) < 4.78 is 48.1. The second-order valence-corrected chi connectivity index (χ2v) is 3.50. The van der Waals surface area contributed by atoms with E-state index in [0.29, 0.717) is 5.69 Å². The summed E-state index contributed by atoms with van der Waals surface area (Å²) in [6.45, 7) is 0.172. The first-order valence-electron chi connectivity index (χ1n) is 4.97. The molecule has 4 nitrogen and oxygen atoms in total. The summed E-state index contributed by atoms with van der Waals surface area (Å²) in [5.74, 6) is -0.123. The minimum atomic E-state index is -4.48. The van der Waals surface area contributed by atoms with Crippen LogP contribution in [-0.2, 0) is 17.5 Å². The van der Waals surface area contributed by atoms with Gasteiger partial charge in [-0.25, -0.2) is 4.98 Å². The highest BCUT2D eigenvalue weighted by Gasteiger charge is 2.34. The fraction of sp³-hybridized carbons (Fsp3) is 0.273. The highest BCUT2D eigenvalue weighted by atomic mass is 19.4. The molecule has 96 valence electrons. The quantitative estimate of drug-likeness (QED) is 0.849. The molecule has 7 heteroatoms. The summed E-state index contributed by atoms with van der Waals surface area (Å²) >= 11 is 0. The zero-order valence-corrected chi connectivity index (χ0v) is 9.36. The Morgan fingerprint density at radius 2 is 2.17 bits per heavy atom. The molecule has 18 heavy (non-hydrogen) atoms. The molecule has 0 N–H and O–H groups in total. The molecule has 2 rings (SSSR count). The van der Waals surface area contributed by atoms with Crippen LogP contribution >= 0.6 is 0 Å². The molecule has 0 saturated carbocycles. The Balaban J connectivity index is 2.43. The Labute approximate surface area is 100 Å².